The first-order chi connectivity index (χ1) is 13.5. The monoisotopic (exact) mass is 383 g/mol. The van der Waals surface area contributed by atoms with Gasteiger partial charge in [0.25, 0.3) is 0 Å². The minimum absolute atomic E-state index is 0.0193. The van der Waals surface area contributed by atoms with Crippen LogP contribution in [0.2, 0.25) is 0 Å². The molecule has 2 heterocycles. The number of hydrogen-bond acceptors (Lipinski definition) is 5. The summed E-state index contributed by atoms with van der Waals surface area (Å²) in [7, 11) is 3.56. The topological polar surface area (TPSA) is 68.8 Å². The van der Waals surface area contributed by atoms with Gasteiger partial charge in [-0.3, -0.25) is 24.4 Å². The normalized spacial score (nSPS) is 17.1. The van der Waals surface area contributed by atoms with Crippen LogP contribution < -0.4 is 5.32 Å². The number of amides is 2. The van der Waals surface area contributed by atoms with Gasteiger partial charge in [-0.25, -0.2) is 0 Å². The average molecular weight is 383 g/mol. The summed E-state index contributed by atoms with van der Waals surface area (Å²) in [6.07, 6.45) is 2.69. The molecule has 28 heavy (non-hydrogen) atoms. The van der Waals surface area contributed by atoms with Gasteiger partial charge in [-0.15, -0.1) is 0 Å². The molecule has 1 aromatic heterocycles. The highest BCUT2D eigenvalue weighted by atomic mass is 16.2. The van der Waals surface area contributed by atoms with E-state index in [0.717, 1.165) is 49.2 Å². The summed E-state index contributed by atoms with van der Waals surface area (Å²) < 4.78 is 0. The maximum atomic E-state index is 12.9. The number of pyridine rings is 1. The fourth-order valence-electron chi connectivity index (χ4n) is 3.48. The molecule has 0 radical (unpaired) electrons. The number of carbonyl (C=O) groups excluding carboxylic acids is 2. The van der Waals surface area contributed by atoms with Crippen LogP contribution in [0.5, 0.6) is 0 Å². The van der Waals surface area contributed by atoms with Crippen LogP contribution in [0, 0.1) is 0 Å². The number of hydrogen-bond donors (Lipinski definition) is 1. The van der Waals surface area contributed by atoms with Gasteiger partial charge in [0.1, 0.15) is 0 Å². The van der Waals surface area contributed by atoms with Gasteiger partial charge in [-0.05, 0) is 44.2 Å². The van der Waals surface area contributed by atoms with Crippen molar-refractivity contribution >= 4 is 28.4 Å². The zero-order valence-corrected chi connectivity index (χ0v) is 16.9. The second kappa shape index (κ2) is 9.12. The number of nitrogens with one attached hydrogen (secondary N) is 1. The van der Waals surface area contributed by atoms with Gasteiger partial charge in [-0.1, -0.05) is 6.07 Å². The van der Waals surface area contributed by atoms with Crippen LogP contribution in [0.15, 0.2) is 36.5 Å². The molecule has 0 spiro atoms. The van der Waals surface area contributed by atoms with Crippen molar-refractivity contribution < 1.29 is 9.59 Å². The Bertz CT molecular complexity index is 833. The second-order valence-corrected chi connectivity index (χ2v) is 7.49. The molecule has 1 aliphatic rings. The van der Waals surface area contributed by atoms with Crippen LogP contribution >= 0.6 is 0 Å². The summed E-state index contributed by atoms with van der Waals surface area (Å²) >= 11 is 0. The number of carbonyl (C=O) groups is 2. The molecule has 7 heteroatoms. The lowest BCUT2D eigenvalue weighted by Crippen LogP contribution is -2.44. The van der Waals surface area contributed by atoms with Gasteiger partial charge in [0.15, 0.2) is 0 Å². The van der Waals surface area contributed by atoms with Crippen molar-refractivity contribution in [3.8, 4) is 0 Å². The Morgan fingerprint density at radius 3 is 2.75 bits per heavy atom. The zero-order chi connectivity index (χ0) is 20.1. The molecule has 0 bridgehead atoms. The summed E-state index contributed by atoms with van der Waals surface area (Å²) in [4.78, 5) is 35.2. The summed E-state index contributed by atoms with van der Waals surface area (Å²) in [5.41, 5.74) is 1.65. The highest BCUT2D eigenvalue weighted by Gasteiger charge is 2.25. The first kappa shape index (κ1) is 20.2. The average Bonchev–Trinajstić information content (AvgIpc) is 2.93. The summed E-state index contributed by atoms with van der Waals surface area (Å²) in [5.74, 6) is 0.0953. The molecule has 1 atom stereocenters. The van der Waals surface area contributed by atoms with Crippen molar-refractivity contribution in [1.82, 2.24) is 19.7 Å². The first-order valence-corrected chi connectivity index (χ1v) is 9.77. The van der Waals surface area contributed by atoms with E-state index >= 15 is 0 Å². The summed E-state index contributed by atoms with van der Waals surface area (Å²) in [5, 5.41) is 4.01. The Morgan fingerprint density at radius 2 is 1.96 bits per heavy atom. The predicted octanol–water partition coefficient (Wildman–Crippen LogP) is 1.66. The summed E-state index contributed by atoms with van der Waals surface area (Å²) in [6, 6.07) is 9.35. The van der Waals surface area contributed by atoms with Crippen molar-refractivity contribution in [2.75, 3.05) is 52.1 Å². The van der Waals surface area contributed by atoms with Crippen LogP contribution in [0.3, 0.4) is 0 Å². The van der Waals surface area contributed by atoms with Gasteiger partial charge >= 0.3 is 0 Å². The third-order valence-corrected chi connectivity index (χ3v) is 5.31. The first-order valence-electron chi connectivity index (χ1n) is 9.77. The highest BCUT2D eigenvalue weighted by molar-refractivity contribution is 6.02. The maximum absolute atomic E-state index is 12.9. The van der Waals surface area contributed by atoms with Gasteiger partial charge in [0.05, 0.1) is 23.8 Å². The standard InChI is InChI=1S/C21H29N5O2/c1-16(26-12-6-11-25(13-14-26)15-20(27)24(2)3)21(28)23-19-9-4-8-18-17(19)7-5-10-22-18/h4-5,7-10,16H,6,11-15H2,1-3H3,(H,23,28). The van der Waals surface area contributed by atoms with Gasteiger partial charge in [0, 0.05) is 45.3 Å². The lowest BCUT2D eigenvalue weighted by molar-refractivity contribution is -0.130. The molecule has 3 rings (SSSR count). The van der Waals surface area contributed by atoms with Crippen LogP contribution in [0.1, 0.15) is 13.3 Å². The van der Waals surface area contributed by atoms with E-state index in [9.17, 15) is 9.59 Å². The number of rotatable bonds is 5. The van der Waals surface area contributed by atoms with Crippen molar-refractivity contribution in [3.05, 3.63) is 36.5 Å². The van der Waals surface area contributed by atoms with Crippen molar-refractivity contribution in [1.29, 1.82) is 0 Å². The van der Waals surface area contributed by atoms with Crippen LogP contribution in [-0.4, -0.2) is 84.4 Å². The lowest BCUT2D eigenvalue weighted by Gasteiger charge is -2.27. The number of nitrogens with zero attached hydrogens (tertiary/aromatic N) is 4. The van der Waals surface area contributed by atoms with E-state index in [-0.39, 0.29) is 17.9 Å². The second-order valence-electron chi connectivity index (χ2n) is 7.49. The fraction of sp³-hybridized carbons (Fsp3) is 0.476. The Kier molecular flexibility index (Phi) is 6.59. The molecule has 0 aliphatic carbocycles. The largest absolute Gasteiger partial charge is 0.348 e. The van der Waals surface area contributed by atoms with Gasteiger partial charge < -0.3 is 10.2 Å². The molecule has 150 valence electrons. The van der Waals surface area contributed by atoms with Crippen LogP contribution in [0.4, 0.5) is 5.69 Å². The lowest BCUT2D eigenvalue weighted by atomic mass is 10.1. The Balaban J connectivity index is 1.61. The number of fused-ring (bicyclic) bond motifs is 1. The van der Waals surface area contributed by atoms with Crippen molar-refractivity contribution in [2.24, 2.45) is 0 Å². The van der Waals surface area contributed by atoms with Crippen molar-refractivity contribution in [2.45, 2.75) is 19.4 Å². The molecule has 1 fully saturated rings. The van der Waals surface area contributed by atoms with Gasteiger partial charge in [-0.2, -0.15) is 0 Å². The van der Waals surface area contributed by atoms with E-state index in [4.69, 9.17) is 0 Å². The molecule has 2 amide bonds. The van der Waals surface area contributed by atoms with E-state index in [1.54, 1.807) is 25.2 Å². The Labute approximate surface area is 166 Å². The molecule has 1 N–H and O–H groups in total. The number of anilines is 1. The Morgan fingerprint density at radius 1 is 1.14 bits per heavy atom. The van der Waals surface area contributed by atoms with E-state index < -0.39 is 0 Å². The van der Waals surface area contributed by atoms with E-state index in [2.05, 4.69) is 20.1 Å². The van der Waals surface area contributed by atoms with Gasteiger partial charge in [0.2, 0.25) is 11.8 Å². The predicted molar refractivity (Wildman–Crippen MR) is 111 cm³/mol. The van der Waals surface area contributed by atoms with E-state index in [1.165, 1.54) is 0 Å². The Hall–Kier alpha value is -2.51. The zero-order valence-electron chi connectivity index (χ0n) is 16.9. The third kappa shape index (κ3) is 4.85. The molecule has 7 nitrogen and oxygen atoms in total. The van der Waals surface area contributed by atoms with E-state index in [1.807, 2.05) is 37.3 Å². The minimum Gasteiger partial charge on any atom is -0.348 e. The SMILES string of the molecule is CC(C(=O)Nc1cccc2ncccc12)N1CCCN(CC(=O)N(C)C)CC1. The van der Waals surface area contributed by atoms with Crippen LogP contribution in [-0.2, 0) is 9.59 Å². The quantitative estimate of drug-likeness (QED) is 0.850. The smallest absolute Gasteiger partial charge is 0.241 e. The van der Waals surface area contributed by atoms with E-state index in [0.29, 0.717) is 6.54 Å². The molecule has 2 aromatic rings. The molecule has 1 aliphatic heterocycles. The molecule has 1 saturated heterocycles. The number of benzene rings is 1. The molecular weight excluding hydrogens is 354 g/mol. The molecule has 0 saturated carbocycles. The minimum atomic E-state index is -0.239. The third-order valence-electron chi connectivity index (χ3n) is 5.31. The fourth-order valence-corrected chi connectivity index (χ4v) is 3.48. The highest BCUT2D eigenvalue weighted by Crippen LogP contribution is 2.22. The number of likely N-dealkylation sites (N-methyl/N-ethyl adjacent to an activating group) is 1. The maximum Gasteiger partial charge on any atom is 0.241 e. The van der Waals surface area contributed by atoms with Crippen molar-refractivity contribution in [3.63, 3.8) is 0 Å². The van der Waals surface area contributed by atoms with Crippen LogP contribution in [0.25, 0.3) is 10.9 Å². The summed E-state index contributed by atoms with van der Waals surface area (Å²) in [6.45, 7) is 5.66. The molecular formula is C21H29N5O2. The molecule has 1 unspecified atom stereocenters. The number of aromatic nitrogens is 1. The molecule has 1 aromatic carbocycles.